The molecular weight excluding hydrogens is 382 g/mol. The molecule has 0 rings (SSSR count). The summed E-state index contributed by atoms with van der Waals surface area (Å²) in [6.07, 6.45) is 8.32. The van der Waals surface area contributed by atoms with Crippen LogP contribution in [0.25, 0.3) is 0 Å². The molecule has 0 aliphatic carbocycles. The molecule has 0 radical (unpaired) electrons. The highest BCUT2D eigenvalue weighted by molar-refractivity contribution is 5.76. The van der Waals surface area contributed by atoms with Gasteiger partial charge in [0.25, 0.3) is 0 Å². The van der Waals surface area contributed by atoms with Crippen molar-refractivity contribution in [2.45, 2.75) is 79.7 Å². The van der Waals surface area contributed by atoms with Crippen LogP contribution in [0.5, 0.6) is 0 Å². The molecule has 0 aromatic heterocycles. The zero-order valence-corrected chi connectivity index (χ0v) is 21.2. The molecule has 1 amide bonds. The molecule has 4 heteroatoms. The lowest BCUT2D eigenvalue weighted by Gasteiger charge is -2.35. The first-order chi connectivity index (χ1) is 14.5. The van der Waals surface area contributed by atoms with E-state index in [2.05, 4.69) is 76.9 Å². The largest absolute Gasteiger partial charge is 0.389 e. The molecule has 3 unspecified atom stereocenters. The Bertz CT molecular complexity index is 591. The minimum atomic E-state index is 0.0146. The van der Waals surface area contributed by atoms with Crippen molar-refractivity contribution >= 4 is 5.91 Å². The van der Waals surface area contributed by atoms with Gasteiger partial charge < -0.3 is 16.0 Å². The molecule has 0 heterocycles. The normalized spacial score (nSPS) is 14.3. The second kappa shape index (κ2) is 14.9. The van der Waals surface area contributed by atoms with Crippen LogP contribution in [0.4, 0.5) is 0 Å². The number of nitrogens with one attached hydrogen (secondary N) is 3. The quantitative estimate of drug-likeness (QED) is 0.235. The Hall–Kier alpha value is -1.97. The second-order valence-corrected chi connectivity index (χ2v) is 9.83. The molecule has 0 aliphatic heterocycles. The van der Waals surface area contributed by atoms with Crippen molar-refractivity contribution < 1.29 is 4.79 Å². The standard InChI is InChI=1S/C27H49N3O/c1-11-21(6)18-26(31)29-16-14-22(7)28-17-15-24(12-2)19-27(9,10)23(8)30-25(13-3)20(4)5/h11,13,20-21,24-25,28,30H,1,3,7-8,12,14-19H2,2,4-6,9-10H3,(H,29,31). The van der Waals surface area contributed by atoms with Gasteiger partial charge in [-0.2, -0.15) is 0 Å². The van der Waals surface area contributed by atoms with E-state index in [1.807, 2.05) is 13.0 Å². The van der Waals surface area contributed by atoms with Gasteiger partial charge in [-0.25, -0.2) is 0 Å². The van der Waals surface area contributed by atoms with E-state index in [1.54, 1.807) is 6.08 Å². The fourth-order valence-electron chi connectivity index (χ4n) is 3.53. The number of carbonyl (C=O) groups excluding carboxylic acids is 1. The third-order valence-electron chi connectivity index (χ3n) is 6.09. The van der Waals surface area contributed by atoms with Crippen LogP contribution in [0, 0.1) is 23.2 Å². The molecule has 0 bridgehead atoms. The van der Waals surface area contributed by atoms with Gasteiger partial charge in [0.05, 0.1) is 0 Å². The Morgan fingerprint density at radius 2 is 1.68 bits per heavy atom. The van der Waals surface area contributed by atoms with E-state index in [9.17, 15) is 4.79 Å². The molecule has 31 heavy (non-hydrogen) atoms. The number of carbonyl (C=O) groups is 1. The van der Waals surface area contributed by atoms with E-state index in [1.165, 1.54) is 0 Å². The van der Waals surface area contributed by atoms with Crippen LogP contribution in [0.15, 0.2) is 49.9 Å². The highest BCUT2D eigenvalue weighted by atomic mass is 16.1. The van der Waals surface area contributed by atoms with E-state index in [0.29, 0.717) is 24.8 Å². The predicted molar refractivity (Wildman–Crippen MR) is 137 cm³/mol. The Morgan fingerprint density at radius 1 is 1.03 bits per heavy atom. The van der Waals surface area contributed by atoms with Gasteiger partial charge in [0.1, 0.15) is 0 Å². The second-order valence-electron chi connectivity index (χ2n) is 9.83. The molecule has 0 saturated heterocycles. The Kier molecular flexibility index (Phi) is 14.0. The molecule has 0 aromatic carbocycles. The Morgan fingerprint density at radius 3 is 2.19 bits per heavy atom. The van der Waals surface area contributed by atoms with Crippen LogP contribution in [-0.2, 0) is 4.79 Å². The van der Waals surface area contributed by atoms with Gasteiger partial charge in [-0.1, -0.05) is 73.3 Å². The minimum absolute atomic E-state index is 0.0146. The molecular formula is C27H49N3O. The van der Waals surface area contributed by atoms with Crippen LogP contribution >= 0.6 is 0 Å². The molecule has 4 nitrogen and oxygen atoms in total. The SMILES string of the molecule is C=CC(C)CC(=O)NCCC(=C)NCCC(CC)CC(C)(C)C(=C)NC(C=C)C(C)C. The molecule has 178 valence electrons. The average Bonchev–Trinajstić information content (AvgIpc) is 2.70. The summed E-state index contributed by atoms with van der Waals surface area (Å²) in [4.78, 5) is 11.8. The number of amides is 1. The van der Waals surface area contributed by atoms with Gasteiger partial charge >= 0.3 is 0 Å². The maximum absolute atomic E-state index is 11.8. The molecule has 0 aliphatic rings. The third kappa shape index (κ3) is 12.5. The molecule has 3 atom stereocenters. The lowest BCUT2D eigenvalue weighted by Crippen LogP contribution is -2.37. The lowest BCUT2D eigenvalue weighted by atomic mass is 9.78. The zero-order chi connectivity index (χ0) is 24.0. The first-order valence-corrected chi connectivity index (χ1v) is 11.9. The van der Waals surface area contributed by atoms with Gasteiger partial charge in [0.2, 0.25) is 5.91 Å². The van der Waals surface area contributed by atoms with Crippen molar-refractivity contribution in [1.82, 2.24) is 16.0 Å². The van der Waals surface area contributed by atoms with Crippen LogP contribution in [0.1, 0.15) is 73.6 Å². The summed E-state index contributed by atoms with van der Waals surface area (Å²) >= 11 is 0. The first-order valence-electron chi connectivity index (χ1n) is 11.9. The summed E-state index contributed by atoms with van der Waals surface area (Å²) in [5.74, 6) is 1.36. The maximum atomic E-state index is 11.8. The third-order valence-corrected chi connectivity index (χ3v) is 6.09. The average molecular weight is 432 g/mol. The van der Waals surface area contributed by atoms with E-state index in [-0.39, 0.29) is 23.3 Å². The molecule has 0 saturated carbocycles. The van der Waals surface area contributed by atoms with E-state index >= 15 is 0 Å². The van der Waals surface area contributed by atoms with Crippen molar-refractivity contribution in [3.05, 3.63) is 49.9 Å². The van der Waals surface area contributed by atoms with E-state index in [0.717, 1.165) is 43.6 Å². The summed E-state index contributed by atoms with van der Waals surface area (Å²) < 4.78 is 0. The summed E-state index contributed by atoms with van der Waals surface area (Å²) in [6, 6.07) is 0.248. The zero-order valence-electron chi connectivity index (χ0n) is 21.2. The summed E-state index contributed by atoms with van der Waals surface area (Å²) in [5.41, 5.74) is 2.08. The van der Waals surface area contributed by atoms with E-state index in [4.69, 9.17) is 0 Å². The smallest absolute Gasteiger partial charge is 0.220 e. The highest BCUT2D eigenvalue weighted by Crippen LogP contribution is 2.34. The number of hydrogen-bond donors (Lipinski definition) is 3. The first kappa shape index (κ1) is 29.0. The van der Waals surface area contributed by atoms with Crippen LogP contribution in [0.2, 0.25) is 0 Å². The van der Waals surface area contributed by atoms with Crippen LogP contribution < -0.4 is 16.0 Å². The Balaban J connectivity index is 4.36. The van der Waals surface area contributed by atoms with Gasteiger partial charge in [0, 0.05) is 48.8 Å². The van der Waals surface area contributed by atoms with Gasteiger partial charge in [-0.3, -0.25) is 4.79 Å². The monoisotopic (exact) mass is 431 g/mol. The fraction of sp³-hybridized carbons (Fsp3) is 0.667. The number of allylic oxidation sites excluding steroid dienone is 2. The van der Waals surface area contributed by atoms with Gasteiger partial charge in [0.15, 0.2) is 0 Å². The van der Waals surface area contributed by atoms with Crippen molar-refractivity contribution in [1.29, 1.82) is 0 Å². The summed E-state index contributed by atoms with van der Waals surface area (Å²) in [7, 11) is 0. The van der Waals surface area contributed by atoms with Crippen molar-refractivity contribution in [2.75, 3.05) is 13.1 Å². The summed E-state index contributed by atoms with van der Waals surface area (Å²) in [5, 5.41) is 9.96. The van der Waals surface area contributed by atoms with Crippen molar-refractivity contribution in [2.24, 2.45) is 23.2 Å². The predicted octanol–water partition coefficient (Wildman–Crippen LogP) is 5.95. The molecule has 3 N–H and O–H groups in total. The van der Waals surface area contributed by atoms with E-state index < -0.39 is 0 Å². The maximum Gasteiger partial charge on any atom is 0.220 e. The van der Waals surface area contributed by atoms with Crippen molar-refractivity contribution in [3.8, 4) is 0 Å². The van der Waals surface area contributed by atoms with Gasteiger partial charge in [-0.05, 0) is 30.6 Å². The number of hydrogen-bond acceptors (Lipinski definition) is 3. The number of rotatable bonds is 18. The topological polar surface area (TPSA) is 53.2 Å². The van der Waals surface area contributed by atoms with Gasteiger partial charge in [-0.15, -0.1) is 13.2 Å². The highest BCUT2D eigenvalue weighted by Gasteiger charge is 2.27. The lowest BCUT2D eigenvalue weighted by molar-refractivity contribution is -0.121. The van der Waals surface area contributed by atoms with Crippen molar-refractivity contribution in [3.63, 3.8) is 0 Å². The minimum Gasteiger partial charge on any atom is -0.389 e. The Labute approximate surface area is 192 Å². The molecule has 0 spiro atoms. The molecule has 0 fully saturated rings. The van der Waals surface area contributed by atoms with Crippen LogP contribution in [0.3, 0.4) is 0 Å². The summed E-state index contributed by atoms with van der Waals surface area (Å²) in [6.45, 7) is 30.8. The fourth-order valence-corrected chi connectivity index (χ4v) is 3.53. The molecule has 0 aromatic rings. The van der Waals surface area contributed by atoms with Crippen LogP contribution in [-0.4, -0.2) is 25.0 Å².